The van der Waals surface area contributed by atoms with Crippen LogP contribution in [-0.2, 0) is 6.42 Å². The Morgan fingerprint density at radius 3 is 2.94 bits per heavy atom. The largest absolute Gasteiger partial charge is 0.488 e. The zero-order chi connectivity index (χ0) is 12.8. The van der Waals surface area contributed by atoms with Crippen molar-refractivity contribution in [1.29, 1.82) is 0 Å². The molecule has 0 radical (unpaired) electrons. The summed E-state index contributed by atoms with van der Waals surface area (Å²) in [5.41, 5.74) is 7.17. The summed E-state index contributed by atoms with van der Waals surface area (Å²) in [5, 5.41) is 0. The van der Waals surface area contributed by atoms with Gasteiger partial charge in [-0.05, 0) is 38.7 Å². The van der Waals surface area contributed by atoms with Gasteiger partial charge in [-0.3, -0.25) is 0 Å². The van der Waals surface area contributed by atoms with Gasteiger partial charge in [0.25, 0.3) is 0 Å². The molecule has 0 aromatic heterocycles. The number of ether oxygens (including phenoxy) is 2. The lowest BCUT2D eigenvalue weighted by molar-refractivity contribution is 0.131. The van der Waals surface area contributed by atoms with E-state index in [1.165, 1.54) is 18.4 Å². The van der Waals surface area contributed by atoms with Crippen molar-refractivity contribution in [2.45, 2.75) is 44.8 Å². The molecule has 0 bridgehead atoms. The molecule has 1 aliphatic carbocycles. The first-order valence-corrected chi connectivity index (χ1v) is 6.74. The minimum absolute atomic E-state index is 0.125. The van der Waals surface area contributed by atoms with Crippen LogP contribution in [-0.4, -0.2) is 18.2 Å². The Hall–Kier alpha value is -1.22. The molecule has 2 N–H and O–H groups in total. The molecular weight excluding hydrogens is 226 g/mol. The van der Waals surface area contributed by atoms with Crippen molar-refractivity contribution in [3.8, 4) is 11.5 Å². The Morgan fingerprint density at radius 1 is 1.44 bits per heavy atom. The molecule has 1 unspecified atom stereocenters. The molecule has 1 atom stereocenters. The molecule has 1 aliphatic heterocycles. The van der Waals surface area contributed by atoms with E-state index in [4.69, 9.17) is 15.2 Å². The van der Waals surface area contributed by atoms with E-state index in [0.29, 0.717) is 12.5 Å². The van der Waals surface area contributed by atoms with E-state index in [1.807, 2.05) is 12.1 Å². The second kappa shape index (κ2) is 4.16. The first kappa shape index (κ1) is 11.8. The maximum atomic E-state index is 6.06. The maximum absolute atomic E-state index is 6.06. The number of nitrogens with two attached hydrogens (primary N) is 1. The van der Waals surface area contributed by atoms with Gasteiger partial charge in [0.05, 0.1) is 0 Å². The van der Waals surface area contributed by atoms with E-state index in [0.717, 1.165) is 17.9 Å². The van der Waals surface area contributed by atoms with E-state index < -0.39 is 0 Å². The van der Waals surface area contributed by atoms with Crippen molar-refractivity contribution >= 4 is 0 Å². The quantitative estimate of drug-likeness (QED) is 0.889. The Balaban J connectivity index is 1.71. The molecule has 1 aromatic rings. The molecular formula is C15H21NO2. The highest BCUT2D eigenvalue weighted by Crippen LogP contribution is 2.42. The van der Waals surface area contributed by atoms with Crippen LogP contribution in [0.5, 0.6) is 11.5 Å². The summed E-state index contributed by atoms with van der Waals surface area (Å²) < 4.78 is 11.8. The third-order valence-electron chi connectivity index (χ3n) is 3.71. The van der Waals surface area contributed by atoms with E-state index in [9.17, 15) is 0 Å². The van der Waals surface area contributed by atoms with Gasteiger partial charge in [0.2, 0.25) is 0 Å². The van der Waals surface area contributed by atoms with Crippen LogP contribution >= 0.6 is 0 Å². The minimum Gasteiger partial charge on any atom is -0.488 e. The SMILES string of the molecule is CC1(C)Cc2cccc(OCC(N)C3CC3)c2O1. The Morgan fingerprint density at radius 2 is 2.22 bits per heavy atom. The predicted molar refractivity (Wildman–Crippen MR) is 71.0 cm³/mol. The van der Waals surface area contributed by atoms with Crippen LogP contribution in [0.15, 0.2) is 18.2 Å². The van der Waals surface area contributed by atoms with Gasteiger partial charge in [-0.25, -0.2) is 0 Å². The lowest BCUT2D eigenvalue weighted by atomic mass is 10.0. The summed E-state index contributed by atoms with van der Waals surface area (Å²) in [5.74, 6) is 2.42. The van der Waals surface area contributed by atoms with Crippen molar-refractivity contribution in [1.82, 2.24) is 0 Å². The van der Waals surface area contributed by atoms with Crippen molar-refractivity contribution in [3.05, 3.63) is 23.8 Å². The Kier molecular flexibility index (Phi) is 2.74. The summed E-state index contributed by atoms with van der Waals surface area (Å²) >= 11 is 0. The van der Waals surface area contributed by atoms with Crippen LogP contribution in [0.25, 0.3) is 0 Å². The molecule has 1 aromatic carbocycles. The van der Waals surface area contributed by atoms with E-state index in [1.54, 1.807) is 0 Å². The third-order valence-corrected chi connectivity index (χ3v) is 3.71. The van der Waals surface area contributed by atoms with Gasteiger partial charge < -0.3 is 15.2 Å². The summed E-state index contributed by atoms with van der Waals surface area (Å²) in [4.78, 5) is 0. The second-order valence-electron chi connectivity index (χ2n) is 6.10. The van der Waals surface area contributed by atoms with Crippen molar-refractivity contribution in [2.75, 3.05) is 6.61 Å². The van der Waals surface area contributed by atoms with Crippen molar-refractivity contribution in [2.24, 2.45) is 11.7 Å². The predicted octanol–water partition coefficient (Wildman–Crippen LogP) is 2.52. The van der Waals surface area contributed by atoms with Crippen LogP contribution in [0.1, 0.15) is 32.3 Å². The highest BCUT2D eigenvalue weighted by atomic mass is 16.5. The normalized spacial score (nSPS) is 22.2. The van der Waals surface area contributed by atoms with Crippen LogP contribution in [0, 0.1) is 5.92 Å². The number of hydrogen-bond acceptors (Lipinski definition) is 3. The van der Waals surface area contributed by atoms with Gasteiger partial charge in [-0.15, -0.1) is 0 Å². The Labute approximate surface area is 108 Å². The highest BCUT2D eigenvalue weighted by molar-refractivity contribution is 5.50. The molecule has 3 heteroatoms. The lowest BCUT2D eigenvalue weighted by Crippen LogP contribution is -2.30. The summed E-state index contributed by atoms with van der Waals surface area (Å²) in [6.07, 6.45) is 3.44. The number of fused-ring (bicyclic) bond motifs is 1. The molecule has 0 saturated heterocycles. The molecule has 0 amide bonds. The Bertz CT molecular complexity index is 452. The zero-order valence-electron chi connectivity index (χ0n) is 11.1. The smallest absolute Gasteiger partial charge is 0.165 e. The number of para-hydroxylation sites is 1. The topological polar surface area (TPSA) is 44.5 Å². The second-order valence-corrected chi connectivity index (χ2v) is 6.10. The van der Waals surface area contributed by atoms with Gasteiger partial charge in [0.1, 0.15) is 12.2 Å². The zero-order valence-corrected chi connectivity index (χ0v) is 11.1. The molecule has 98 valence electrons. The molecule has 2 aliphatic rings. The number of rotatable bonds is 4. The lowest BCUT2D eigenvalue weighted by Gasteiger charge is -2.19. The van der Waals surface area contributed by atoms with Gasteiger partial charge in [-0.1, -0.05) is 12.1 Å². The first-order chi connectivity index (χ1) is 8.55. The fraction of sp³-hybridized carbons (Fsp3) is 0.600. The molecule has 3 nitrogen and oxygen atoms in total. The van der Waals surface area contributed by atoms with Gasteiger partial charge in [0.15, 0.2) is 11.5 Å². The summed E-state index contributed by atoms with van der Waals surface area (Å²) in [6, 6.07) is 6.27. The standard InChI is InChI=1S/C15H21NO2/c1-15(2)8-11-4-3-5-13(14(11)18-15)17-9-12(16)10-6-7-10/h3-5,10,12H,6-9,16H2,1-2H3. The minimum atomic E-state index is -0.125. The number of hydrogen-bond donors (Lipinski definition) is 1. The molecule has 18 heavy (non-hydrogen) atoms. The van der Waals surface area contributed by atoms with Crippen molar-refractivity contribution in [3.63, 3.8) is 0 Å². The van der Waals surface area contributed by atoms with Crippen LogP contribution in [0.4, 0.5) is 0 Å². The molecule has 3 rings (SSSR count). The monoisotopic (exact) mass is 247 g/mol. The van der Waals surface area contributed by atoms with Gasteiger partial charge >= 0.3 is 0 Å². The molecule has 1 fully saturated rings. The molecule has 1 heterocycles. The van der Waals surface area contributed by atoms with E-state index >= 15 is 0 Å². The highest BCUT2D eigenvalue weighted by Gasteiger charge is 2.33. The fourth-order valence-electron chi connectivity index (χ4n) is 2.55. The third kappa shape index (κ3) is 2.32. The average molecular weight is 247 g/mol. The maximum Gasteiger partial charge on any atom is 0.165 e. The molecule has 0 spiro atoms. The fourth-order valence-corrected chi connectivity index (χ4v) is 2.55. The van der Waals surface area contributed by atoms with Gasteiger partial charge in [0, 0.05) is 18.0 Å². The first-order valence-electron chi connectivity index (χ1n) is 6.74. The summed E-state index contributed by atoms with van der Waals surface area (Å²) in [7, 11) is 0. The molecule has 1 saturated carbocycles. The van der Waals surface area contributed by atoms with Crippen LogP contribution < -0.4 is 15.2 Å². The van der Waals surface area contributed by atoms with Crippen LogP contribution in [0.3, 0.4) is 0 Å². The van der Waals surface area contributed by atoms with Crippen LogP contribution in [0.2, 0.25) is 0 Å². The van der Waals surface area contributed by atoms with Crippen molar-refractivity contribution < 1.29 is 9.47 Å². The van der Waals surface area contributed by atoms with Gasteiger partial charge in [-0.2, -0.15) is 0 Å². The van der Waals surface area contributed by atoms with E-state index in [-0.39, 0.29) is 11.6 Å². The number of benzene rings is 1. The van der Waals surface area contributed by atoms with E-state index in [2.05, 4.69) is 19.9 Å². The average Bonchev–Trinajstić information content (AvgIpc) is 3.08. The summed E-state index contributed by atoms with van der Waals surface area (Å²) in [6.45, 7) is 4.80.